The third-order valence-electron chi connectivity index (χ3n) is 4.37. The molecule has 1 N–H and O–H groups in total. The van der Waals surface area contributed by atoms with Crippen molar-refractivity contribution in [2.24, 2.45) is 5.92 Å². The molecule has 0 bridgehead atoms. The Morgan fingerprint density at radius 3 is 2.75 bits per heavy atom. The minimum Gasteiger partial charge on any atom is -0.481 e. The highest BCUT2D eigenvalue weighted by molar-refractivity contribution is 5.82. The normalized spacial score (nSPS) is 16.6. The van der Waals surface area contributed by atoms with Gasteiger partial charge in [-0.25, -0.2) is 0 Å². The number of aromatic nitrogens is 1. The summed E-state index contributed by atoms with van der Waals surface area (Å²) in [5.41, 5.74) is 2.06. The van der Waals surface area contributed by atoms with Gasteiger partial charge in [0.2, 0.25) is 0 Å². The molecule has 3 heteroatoms. The van der Waals surface area contributed by atoms with Crippen molar-refractivity contribution < 1.29 is 9.90 Å². The van der Waals surface area contributed by atoms with Crippen molar-refractivity contribution in [2.75, 3.05) is 0 Å². The van der Waals surface area contributed by atoms with E-state index in [-0.39, 0.29) is 6.42 Å². The highest BCUT2D eigenvalue weighted by Gasteiger charge is 2.15. The summed E-state index contributed by atoms with van der Waals surface area (Å²) in [7, 11) is 0. The van der Waals surface area contributed by atoms with Crippen LogP contribution in [0.3, 0.4) is 0 Å². The Morgan fingerprint density at radius 2 is 2.00 bits per heavy atom. The van der Waals surface area contributed by atoms with Crippen LogP contribution in [0.5, 0.6) is 0 Å². The van der Waals surface area contributed by atoms with Gasteiger partial charge in [0.15, 0.2) is 0 Å². The van der Waals surface area contributed by atoms with Crippen LogP contribution in [0.4, 0.5) is 0 Å². The van der Waals surface area contributed by atoms with Crippen molar-refractivity contribution in [1.29, 1.82) is 0 Å². The first kappa shape index (κ1) is 13.2. The minimum absolute atomic E-state index is 0.102. The molecule has 1 saturated carbocycles. The zero-order chi connectivity index (χ0) is 13.9. The van der Waals surface area contributed by atoms with Gasteiger partial charge in [-0.3, -0.25) is 4.79 Å². The number of nitrogens with zero attached hydrogens (tertiary/aromatic N) is 1. The quantitative estimate of drug-likeness (QED) is 0.917. The molecule has 1 aliphatic carbocycles. The number of rotatable bonds is 4. The molecule has 0 saturated heterocycles. The average Bonchev–Trinajstić information content (AvgIpc) is 2.82. The molecule has 3 nitrogen and oxygen atoms in total. The largest absolute Gasteiger partial charge is 0.481 e. The van der Waals surface area contributed by atoms with Crippen molar-refractivity contribution in [2.45, 2.75) is 45.1 Å². The molecule has 3 rings (SSSR count). The van der Waals surface area contributed by atoms with Crippen LogP contribution in [0.15, 0.2) is 30.5 Å². The fourth-order valence-electron chi connectivity index (χ4n) is 3.32. The summed E-state index contributed by atoms with van der Waals surface area (Å²) < 4.78 is 2.30. The Balaban J connectivity index is 1.84. The van der Waals surface area contributed by atoms with E-state index >= 15 is 0 Å². The molecule has 0 aliphatic heterocycles. The van der Waals surface area contributed by atoms with E-state index in [1.807, 2.05) is 18.2 Å². The summed E-state index contributed by atoms with van der Waals surface area (Å²) >= 11 is 0. The van der Waals surface area contributed by atoms with E-state index in [0.717, 1.165) is 18.0 Å². The zero-order valence-corrected chi connectivity index (χ0v) is 11.7. The van der Waals surface area contributed by atoms with Crippen molar-refractivity contribution in [3.05, 3.63) is 36.0 Å². The van der Waals surface area contributed by atoms with E-state index in [1.165, 1.54) is 43.0 Å². The van der Waals surface area contributed by atoms with Crippen molar-refractivity contribution in [3.63, 3.8) is 0 Å². The summed E-state index contributed by atoms with van der Waals surface area (Å²) in [5.74, 6) is 0.0113. The summed E-state index contributed by atoms with van der Waals surface area (Å²) in [5, 5.41) is 10.1. The smallest absolute Gasteiger partial charge is 0.307 e. The number of aliphatic carboxylic acids is 1. The molecule has 0 amide bonds. The first-order valence-electron chi connectivity index (χ1n) is 7.52. The number of benzene rings is 1. The van der Waals surface area contributed by atoms with Crippen LogP contribution in [-0.2, 0) is 17.8 Å². The van der Waals surface area contributed by atoms with E-state index in [9.17, 15) is 4.79 Å². The van der Waals surface area contributed by atoms with Gasteiger partial charge in [0, 0.05) is 18.3 Å². The molecule has 0 atom stereocenters. The molecule has 106 valence electrons. The number of carbonyl (C=O) groups is 1. The van der Waals surface area contributed by atoms with E-state index < -0.39 is 5.97 Å². The molecule has 0 unspecified atom stereocenters. The predicted molar refractivity (Wildman–Crippen MR) is 79.9 cm³/mol. The number of hydrogen-bond acceptors (Lipinski definition) is 1. The van der Waals surface area contributed by atoms with Crippen LogP contribution in [0, 0.1) is 5.92 Å². The Morgan fingerprint density at radius 1 is 1.20 bits per heavy atom. The SMILES string of the molecule is O=C(O)Cc1ccc2ccn(CC3CCCCC3)c2c1. The highest BCUT2D eigenvalue weighted by atomic mass is 16.4. The van der Waals surface area contributed by atoms with Crippen LogP contribution in [-0.4, -0.2) is 15.6 Å². The van der Waals surface area contributed by atoms with Gasteiger partial charge in [0.05, 0.1) is 6.42 Å². The lowest BCUT2D eigenvalue weighted by Gasteiger charge is -2.22. The van der Waals surface area contributed by atoms with Gasteiger partial charge in [0.25, 0.3) is 0 Å². The van der Waals surface area contributed by atoms with Crippen LogP contribution < -0.4 is 0 Å². The monoisotopic (exact) mass is 271 g/mol. The zero-order valence-electron chi connectivity index (χ0n) is 11.7. The lowest BCUT2D eigenvalue weighted by molar-refractivity contribution is -0.136. The Hall–Kier alpha value is -1.77. The first-order chi connectivity index (χ1) is 9.72. The standard InChI is InChI=1S/C17H21NO2/c19-17(20)11-14-6-7-15-8-9-18(16(15)10-14)12-13-4-2-1-3-5-13/h6-10,13H,1-5,11-12H2,(H,19,20). The van der Waals surface area contributed by atoms with Gasteiger partial charge in [0.1, 0.15) is 0 Å². The minimum atomic E-state index is -0.769. The fourth-order valence-corrected chi connectivity index (χ4v) is 3.32. The maximum Gasteiger partial charge on any atom is 0.307 e. The molecule has 1 heterocycles. The molecule has 0 spiro atoms. The molecule has 1 aromatic carbocycles. The molecule has 20 heavy (non-hydrogen) atoms. The number of fused-ring (bicyclic) bond motifs is 1. The number of carboxylic acids is 1. The lowest BCUT2D eigenvalue weighted by atomic mass is 9.89. The number of hydrogen-bond donors (Lipinski definition) is 1. The second-order valence-corrected chi connectivity index (χ2v) is 5.94. The van der Waals surface area contributed by atoms with Gasteiger partial charge in [-0.2, -0.15) is 0 Å². The van der Waals surface area contributed by atoms with Crippen LogP contribution in [0.2, 0.25) is 0 Å². The molecule has 1 fully saturated rings. The molecule has 1 aromatic heterocycles. The van der Waals surface area contributed by atoms with Gasteiger partial charge in [-0.15, -0.1) is 0 Å². The average molecular weight is 271 g/mol. The fraction of sp³-hybridized carbons (Fsp3) is 0.471. The summed E-state index contributed by atoms with van der Waals surface area (Å²) in [4.78, 5) is 10.8. The molecule has 1 aliphatic rings. The molecular formula is C17H21NO2. The highest BCUT2D eigenvalue weighted by Crippen LogP contribution is 2.27. The van der Waals surface area contributed by atoms with Gasteiger partial charge in [-0.05, 0) is 41.8 Å². The Bertz CT molecular complexity index is 608. The molecule has 0 radical (unpaired) electrons. The van der Waals surface area contributed by atoms with E-state index in [0.29, 0.717) is 0 Å². The Labute approximate surface area is 119 Å². The van der Waals surface area contributed by atoms with E-state index in [4.69, 9.17) is 5.11 Å². The first-order valence-corrected chi connectivity index (χ1v) is 7.52. The molecule has 2 aromatic rings. The number of carboxylic acid groups (broad SMARTS) is 1. The summed E-state index contributed by atoms with van der Waals surface area (Å²) in [6, 6.07) is 8.11. The maximum atomic E-state index is 10.8. The second kappa shape index (κ2) is 5.70. The van der Waals surface area contributed by atoms with E-state index in [2.05, 4.69) is 16.8 Å². The third kappa shape index (κ3) is 2.87. The van der Waals surface area contributed by atoms with Gasteiger partial charge < -0.3 is 9.67 Å². The second-order valence-electron chi connectivity index (χ2n) is 5.94. The molecular weight excluding hydrogens is 250 g/mol. The summed E-state index contributed by atoms with van der Waals surface area (Å²) in [6.45, 7) is 1.07. The maximum absolute atomic E-state index is 10.8. The predicted octanol–water partition coefficient (Wildman–Crippen LogP) is 3.85. The third-order valence-corrected chi connectivity index (χ3v) is 4.37. The van der Waals surface area contributed by atoms with Crippen molar-refractivity contribution in [1.82, 2.24) is 4.57 Å². The van der Waals surface area contributed by atoms with Crippen LogP contribution >= 0.6 is 0 Å². The van der Waals surface area contributed by atoms with E-state index in [1.54, 1.807) is 0 Å². The topological polar surface area (TPSA) is 42.2 Å². The van der Waals surface area contributed by atoms with Gasteiger partial charge in [-0.1, -0.05) is 31.4 Å². The van der Waals surface area contributed by atoms with Crippen molar-refractivity contribution >= 4 is 16.9 Å². The summed E-state index contributed by atoms with van der Waals surface area (Å²) in [6.07, 6.45) is 8.99. The van der Waals surface area contributed by atoms with Crippen LogP contribution in [0.25, 0.3) is 10.9 Å². The Kier molecular flexibility index (Phi) is 3.77. The van der Waals surface area contributed by atoms with Crippen LogP contribution in [0.1, 0.15) is 37.7 Å². The van der Waals surface area contributed by atoms with Gasteiger partial charge >= 0.3 is 5.97 Å². The lowest BCUT2D eigenvalue weighted by Crippen LogP contribution is -2.13. The van der Waals surface area contributed by atoms with Crippen molar-refractivity contribution in [3.8, 4) is 0 Å².